The Morgan fingerprint density at radius 1 is 1.27 bits per heavy atom. The normalized spacial score (nSPS) is 9.80. The first-order valence-electron chi connectivity index (χ1n) is 4.33. The molecule has 0 unspecified atom stereocenters. The Kier molecular flexibility index (Phi) is 4.33. The lowest BCUT2D eigenvalue weighted by atomic mass is 10.2. The zero-order chi connectivity index (χ0) is 10.1. The Morgan fingerprint density at radius 3 is 2.67 bits per heavy atom. The Hall–Kier alpha value is -0.360. The summed E-state index contributed by atoms with van der Waals surface area (Å²) in [6, 6.07) is 6.17. The number of methoxy groups -OCH3 is 1. The van der Waals surface area contributed by atoms with Crippen molar-refractivity contribution < 1.29 is 33.3 Å². The molecular weight excluding hydrogens is 369 g/mol. The summed E-state index contributed by atoms with van der Waals surface area (Å²) in [6.45, 7) is 0. The number of pyridine rings is 1. The number of aromatic nitrogens is 1. The van der Waals surface area contributed by atoms with Gasteiger partial charge in [0.05, 0.1) is 11.6 Å². The molecule has 0 bridgehead atoms. The van der Waals surface area contributed by atoms with Crippen molar-refractivity contribution >= 4 is 26.7 Å². The first-order valence-corrected chi connectivity index (χ1v) is 5.12. The Bertz CT molecular complexity index is 487. The molecule has 0 spiro atoms. The molecule has 0 radical (unpaired) electrons. The molecule has 15 heavy (non-hydrogen) atoms. The smallest absolute Gasteiger partial charge is 0.176 e. The standard InChI is InChI=1S/C11H11BrNO.HI/c1-13-4-3-8-5-10(12)11(14-2)6-9(8)7-13;/h3-7H,1-2H3;1H/q+1;/p-1. The number of rotatable bonds is 1. The monoisotopic (exact) mass is 379 g/mol. The highest BCUT2D eigenvalue weighted by Crippen LogP contribution is 2.29. The molecule has 0 fully saturated rings. The van der Waals surface area contributed by atoms with E-state index < -0.39 is 0 Å². The van der Waals surface area contributed by atoms with Gasteiger partial charge in [-0.25, -0.2) is 4.57 Å². The maximum absolute atomic E-state index is 5.24. The van der Waals surface area contributed by atoms with Gasteiger partial charge in [0.15, 0.2) is 12.4 Å². The van der Waals surface area contributed by atoms with E-state index in [4.69, 9.17) is 4.74 Å². The molecule has 1 heterocycles. The van der Waals surface area contributed by atoms with E-state index in [1.165, 1.54) is 10.8 Å². The van der Waals surface area contributed by atoms with E-state index in [1.807, 2.05) is 23.9 Å². The highest BCUT2D eigenvalue weighted by Gasteiger charge is 2.05. The van der Waals surface area contributed by atoms with Crippen LogP contribution in [0.4, 0.5) is 0 Å². The molecule has 80 valence electrons. The number of halogens is 2. The van der Waals surface area contributed by atoms with Crippen LogP contribution in [0.25, 0.3) is 10.8 Å². The Labute approximate surface area is 114 Å². The molecule has 2 rings (SSSR count). The quantitative estimate of drug-likeness (QED) is 0.478. The van der Waals surface area contributed by atoms with Crippen molar-refractivity contribution in [2.45, 2.75) is 0 Å². The predicted octanol–water partition coefficient (Wildman–Crippen LogP) is -0.561. The molecule has 0 aliphatic carbocycles. The number of benzene rings is 1. The van der Waals surface area contributed by atoms with Gasteiger partial charge in [-0.2, -0.15) is 0 Å². The molecule has 2 aromatic rings. The number of aryl methyl sites for hydroxylation is 1. The molecule has 1 aromatic carbocycles. The molecule has 0 saturated heterocycles. The van der Waals surface area contributed by atoms with Crippen molar-refractivity contribution in [2.75, 3.05) is 7.11 Å². The van der Waals surface area contributed by atoms with E-state index >= 15 is 0 Å². The van der Waals surface area contributed by atoms with Crippen molar-refractivity contribution in [3.8, 4) is 5.75 Å². The summed E-state index contributed by atoms with van der Waals surface area (Å²) in [5.41, 5.74) is 0. The highest BCUT2D eigenvalue weighted by atomic mass is 127. The fraction of sp³-hybridized carbons (Fsp3) is 0.182. The van der Waals surface area contributed by atoms with Crippen LogP contribution in [0.2, 0.25) is 0 Å². The number of fused-ring (bicyclic) bond motifs is 1. The first kappa shape index (κ1) is 12.7. The zero-order valence-electron chi connectivity index (χ0n) is 8.50. The van der Waals surface area contributed by atoms with Crippen LogP contribution in [0.15, 0.2) is 35.1 Å². The van der Waals surface area contributed by atoms with Gasteiger partial charge >= 0.3 is 0 Å². The first-order chi connectivity index (χ1) is 6.70. The van der Waals surface area contributed by atoms with Crippen LogP contribution in [0.3, 0.4) is 0 Å². The summed E-state index contributed by atoms with van der Waals surface area (Å²) in [6.07, 6.45) is 4.10. The number of hydrogen-bond donors (Lipinski definition) is 0. The number of nitrogens with zero attached hydrogens (tertiary/aromatic N) is 1. The summed E-state index contributed by atoms with van der Waals surface area (Å²) >= 11 is 3.46. The average Bonchev–Trinajstić information content (AvgIpc) is 2.17. The van der Waals surface area contributed by atoms with Gasteiger partial charge in [-0.15, -0.1) is 0 Å². The van der Waals surface area contributed by atoms with Crippen LogP contribution in [0.5, 0.6) is 5.75 Å². The van der Waals surface area contributed by atoms with Crippen molar-refractivity contribution in [3.63, 3.8) is 0 Å². The predicted molar refractivity (Wildman–Crippen MR) is 59.4 cm³/mol. The van der Waals surface area contributed by atoms with Crippen molar-refractivity contribution in [1.82, 2.24) is 0 Å². The minimum Gasteiger partial charge on any atom is -1.00 e. The molecule has 4 heteroatoms. The second kappa shape index (κ2) is 5.12. The molecule has 0 N–H and O–H groups in total. The third kappa shape index (κ3) is 2.60. The van der Waals surface area contributed by atoms with Crippen LogP contribution in [0, 0.1) is 0 Å². The maximum atomic E-state index is 5.24. The van der Waals surface area contributed by atoms with Crippen molar-refractivity contribution in [3.05, 3.63) is 35.1 Å². The van der Waals surface area contributed by atoms with Crippen LogP contribution in [-0.2, 0) is 7.05 Å². The maximum Gasteiger partial charge on any atom is 0.176 e. The molecule has 0 aliphatic heterocycles. The van der Waals surface area contributed by atoms with E-state index in [2.05, 4.69) is 34.3 Å². The third-order valence-corrected chi connectivity index (χ3v) is 2.81. The molecule has 2 nitrogen and oxygen atoms in total. The van der Waals surface area contributed by atoms with Gasteiger partial charge in [0, 0.05) is 11.5 Å². The van der Waals surface area contributed by atoms with Gasteiger partial charge in [0.2, 0.25) is 0 Å². The largest absolute Gasteiger partial charge is 1.00 e. The van der Waals surface area contributed by atoms with E-state index in [0.717, 1.165) is 10.2 Å². The second-order valence-electron chi connectivity index (χ2n) is 3.23. The Balaban J connectivity index is 0.00000112. The van der Waals surface area contributed by atoms with Crippen molar-refractivity contribution in [2.24, 2.45) is 7.05 Å². The number of ether oxygens (including phenoxy) is 1. The van der Waals surface area contributed by atoms with E-state index in [-0.39, 0.29) is 24.0 Å². The molecule has 0 atom stereocenters. The molecule has 0 saturated carbocycles. The summed E-state index contributed by atoms with van der Waals surface area (Å²) in [7, 11) is 3.68. The second-order valence-corrected chi connectivity index (χ2v) is 4.08. The summed E-state index contributed by atoms with van der Waals surface area (Å²) in [5, 5.41) is 2.38. The van der Waals surface area contributed by atoms with Crippen LogP contribution in [0.1, 0.15) is 0 Å². The molecular formula is C11H11BrINO. The minimum absolute atomic E-state index is 0. The average molecular weight is 380 g/mol. The van der Waals surface area contributed by atoms with Gasteiger partial charge in [-0.3, -0.25) is 0 Å². The van der Waals surface area contributed by atoms with Crippen LogP contribution < -0.4 is 33.3 Å². The van der Waals surface area contributed by atoms with E-state index in [1.54, 1.807) is 7.11 Å². The SMILES string of the molecule is COc1cc2c[n+](C)ccc2cc1Br.[I-]. The molecule has 0 amide bonds. The Morgan fingerprint density at radius 2 is 2.00 bits per heavy atom. The van der Waals surface area contributed by atoms with Crippen LogP contribution >= 0.6 is 15.9 Å². The number of hydrogen-bond acceptors (Lipinski definition) is 1. The van der Waals surface area contributed by atoms with E-state index in [0.29, 0.717) is 0 Å². The third-order valence-electron chi connectivity index (χ3n) is 2.19. The topological polar surface area (TPSA) is 13.1 Å². The van der Waals surface area contributed by atoms with Crippen LogP contribution in [-0.4, -0.2) is 7.11 Å². The van der Waals surface area contributed by atoms with Gasteiger partial charge in [0.25, 0.3) is 0 Å². The highest BCUT2D eigenvalue weighted by molar-refractivity contribution is 9.10. The van der Waals surface area contributed by atoms with Gasteiger partial charge in [0.1, 0.15) is 12.8 Å². The zero-order valence-corrected chi connectivity index (χ0v) is 12.2. The lowest BCUT2D eigenvalue weighted by molar-refractivity contribution is -0.670. The lowest BCUT2D eigenvalue weighted by Crippen LogP contribution is -3.00. The van der Waals surface area contributed by atoms with Gasteiger partial charge in [-0.1, -0.05) is 0 Å². The van der Waals surface area contributed by atoms with Crippen molar-refractivity contribution in [1.29, 1.82) is 0 Å². The van der Waals surface area contributed by atoms with E-state index in [9.17, 15) is 0 Å². The summed E-state index contributed by atoms with van der Waals surface area (Å²) in [5.74, 6) is 0.865. The lowest BCUT2D eigenvalue weighted by Gasteiger charge is -2.04. The fourth-order valence-corrected chi connectivity index (χ4v) is 1.98. The fourth-order valence-electron chi connectivity index (χ4n) is 1.46. The minimum atomic E-state index is 0. The molecule has 0 aliphatic rings. The summed E-state index contributed by atoms with van der Waals surface area (Å²) < 4.78 is 8.25. The summed E-state index contributed by atoms with van der Waals surface area (Å²) in [4.78, 5) is 0. The molecule has 1 aromatic heterocycles. The van der Waals surface area contributed by atoms with Gasteiger partial charge < -0.3 is 28.7 Å². The van der Waals surface area contributed by atoms with Gasteiger partial charge in [-0.05, 0) is 33.4 Å².